The maximum atomic E-state index is 15.8. The number of phenols is 1. The summed E-state index contributed by atoms with van der Waals surface area (Å²) in [6, 6.07) is -3.48. The summed E-state index contributed by atoms with van der Waals surface area (Å²) in [6.45, 7) is 2.18. The summed E-state index contributed by atoms with van der Waals surface area (Å²) >= 11 is 0. The van der Waals surface area contributed by atoms with Gasteiger partial charge in [-0.1, -0.05) is 88.1 Å². The number of hydrogen-bond donors (Lipinski definition) is 19. The number of carboxylic acid groups (broad SMARTS) is 2. The number of amides is 17. The average Bonchev–Trinajstić information content (AvgIpc) is 1.63. The fourth-order valence-electron chi connectivity index (χ4n) is 17.6. The number of carboxylic acids is 2. The molecule has 0 saturated carbocycles. The molecule has 3 aromatic heterocycles. The van der Waals surface area contributed by atoms with Crippen LogP contribution in [0.4, 0.5) is 0 Å². The Hall–Kier alpha value is -14.4. The van der Waals surface area contributed by atoms with Gasteiger partial charge < -0.3 is 130 Å². The molecule has 15 atom stereocenters. The number of imidazole rings is 1. The van der Waals surface area contributed by atoms with Gasteiger partial charge in [0.15, 0.2) is 0 Å². The van der Waals surface area contributed by atoms with Crippen molar-refractivity contribution < 1.29 is 112 Å². The lowest BCUT2D eigenvalue weighted by Crippen LogP contribution is -2.62. The number of unbranched alkanes of at least 4 members (excludes halogenated alkanes) is 2. The number of aromatic hydroxyl groups is 1. The summed E-state index contributed by atoms with van der Waals surface area (Å²) in [5, 5.41) is 69.1. The molecule has 6 aromatic rings. The Bertz CT molecular complexity index is 5370. The van der Waals surface area contributed by atoms with Crippen LogP contribution in [0.1, 0.15) is 152 Å². The number of rotatable bonds is 25. The number of aromatic nitrogens is 4. The third-order valence-electron chi connectivity index (χ3n) is 24.9. The van der Waals surface area contributed by atoms with Gasteiger partial charge in [-0.15, -0.1) is 0 Å². The molecule has 4 saturated heterocycles. The highest BCUT2D eigenvalue weighted by molar-refractivity contribution is 6.03. The van der Waals surface area contributed by atoms with Crippen molar-refractivity contribution in [3.63, 3.8) is 0 Å². The Balaban J connectivity index is 1.02. The molecule has 136 heavy (non-hydrogen) atoms. The number of likely N-dealkylation sites (N-methyl/N-ethyl adjacent to an activating group) is 2. The van der Waals surface area contributed by atoms with Gasteiger partial charge in [0.2, 0.25) is 100 Å². The summed E-state index contributed by atoms with van der Waals surface area (Å²) in [4.78, 5) is 290. The largest absolute Gasteiger partial charge is 0.508 e. The van der Waals surface area contributed by atoms with Crippen molar-refractivity contribution in [1.82, 2.24) is 97.2 Å². The molecule has 0 unspecified atom stereocenters. The maximum Gasteiger partial charge on any atom is 0.323 e. The first-order chi connectivity index (χ1) is 64.8. The Morgan fingerprint density at radius 1 is 0.500 bits per heavy atom. The first kappa shape index (κ1) is 104. The van der Waals surface area contributed by atoms with Crippen molar-refractivity contribution in [1.29, 1.82) is 0 Å². The van der Waals surface area contributed by atoms with E-state index in [0.717, 1.165) is 19.6 Å². The molecule has 17 amide bonds. The SMILES string of the molecule is CCCC[C@H]1C(=O)N(C)[C@@H](CCCC)C(=O)N[C@@H](CCC(=O)O)C(=O)N[C@H](C(N)=O)CNCC(=O)N[C@@H](Cc2ccc(O)cc2)C(=O)N2CCCC[C@H]2C(=O)N[C@@H](CC(N)=O)C(=O)N2CCC[C@H]2C(=O)N[C@@H](Cc2c[nH]cn2)C(=O)N[C@@H](CCC(N)=O)C(=O)N2C[C@H](O)C[C@H]2C(=O)N[C@@H](Cc2c[nH]c3ccccc23)C(=O)N[C@@H](C)C(=O)N[C@@H](Cc2cn(CC(=O)O)c3ccccc23)C(=O)N1C. The van der Waals surface area contributed by atoms with Crippen molar-refractivity contribution in [2.45, 2.75) is 253 Å². The molecular weight excluding hydrogens is 1770 g/mol. The van der Waals surface area contributed by atoms with E-state index in [2.05, 4.69) is 68.1 Å². The van der Waals surface area contributed by atoms with Crippen molar-refractivity contribution >= 4 is 134 Å². The number of aliphatic carboxylic acids is 2. The maximum absolute atomic E-state index is 15.8. The number of nitrogens with one attached hydrogen (secondary N) is 12. The Kier molecular flexibility index (Phi) is 37.0. The number of H-pyrrole nitrogens is 2. The number of nitrogens with zero attached hydrogens (tertiary/aromatic N) is 7. The van der Waals surface area contributed by atoms with E-state index >= 15 is 47.9 Å². The van der Waals surface area contributed by atoms with Crippen molar-refractivity contribution in [3.05, 3.63) is 120 Å². The molecule has 734 valence electrons. The number of aliphatic hydroxyl groups excluding tert-OH is 1. The van der Waals surface area contributed by atoms with Crippen molar-refractivity contribution in [3.8, 4) is 5.75 Å². The van der Waals surface area contributed by atoms with Crippen LogP contribution in [0.25, 0.3) is 21.8 Å². The van der Waals surface area contributed by atoms with Gasteiger partial charge in [-0.3, -0.25) is 91.1 Å². The standard InChI is InChI=1S/C91H122N22O23/c1-6-8-20-68-83(128)101-59(30-32-76(119)120)80(125)107-66(78(94)123)43-95-44-75(118)100-63(35-50-25-27-54(114)28-26-50)89(134)111-33-15-14-23-69(111)85(130)106-65(40-74(93)117)90(135)112-34-16-24-70(112)84(129)104-62(38-53-42-96-48-98-53)82(127)102-60(29-31-73(92)116)88(133)113-46-55(115)39-72(113)86(131)103-61(36-51-41-97-58-19-12-10-17-56(51)58)81(126)99-49(3)79(124)105-64(87(132)109(5)71(21-9-7-2)91(136)108(68)4)37-52-45-110(47-77(121)122)67-22-13-11-18-57(52)67/h10-13,17-19,22,25-28,41-42,45,48-49,55,59-66,68-72,95,97,114-115H,6-9,14-16,20-21,23-24,29-40,43-44,46-47H2,1-5H3,(H2,92,116)(H2,93,117)(H2,94,123)(H,96,98)(H,99,126)(H,100,118)(H,101,128)(H,102,127)(H,103,131)(H,104,129)(H,105,124)(H,106,130)(H,107,125)(H,119,120)(H,121,122)/t49-,55+,59-,60-,61-,62-,63-,64-,65-,66-,68-,69-,70-,71-,72-/m0/s1. The molecule has 45 nitrogen and oxygen atoms in total. The highest BCUT2D eigenvalue weighted by atomic mass is 16.4. The van der Waals surface area contributed by atoms with Gasteiger partial charge in [0.05, 0.1) is 31.1 Å². The van der Waals surface area contributed by atoms with Crippen molar-refractivity contribution in [2.24, 2.45) is 17.2 Å². The number of fused-ring (bicyclic) bond motifs is 5. The molecule has 0 bridgehead atoms. The molecule has 22 N–H and O–H groups in total. The number of benzene rings is 3. The van der Waals surface area contributed by atoms with Crippen LogP contribution in [0.3, 0.4) is 0 Å². The van der Waals surface area contributed by atoms with E-state index in [-0.39, 0.29) is 82.3 Å². The van der Waals surface area contributed by atoms with Gasteiger partial charge in [-0.25, -0.2) is 4.98 Å². The van der Waals surface area contributed by atoms with E-state index in [9.17, 15) is 63.6 Å². The number of hydrogen-bond acceptors (Lipinski definition) is 23. The van der Waals surface area contributed by atoms with Gasteiger partial charge in [0.25, 0.3) is 0 Å². The number of carbonyl (C=O) groups is 19. The quantitative estimate of drug-likeness (QED) is 0.0268. The lowest BCUT2D eigenvalue weighted by atomic mass is 9.97. The zero-order valence-corrected chi connectivity index (χ0v) is 76.4. The highest BCUT2D eigenvalue weighted by Crippen LogP contribution is 2.30. The lowest BCUT2D eigenvalue weighted by molar-refractivity contribution is -0.149. The van der Waals surface area contributed by atoms with Crippen LogP contribution in [-0.2, 0) is 123 Å². The predicted octanol–water partition coefficient (Wildman–Crippen LogP) is -3.25. The number of piperidine rings is 1. The molecule has 0 aliphatic carbocycles. The monoisotopic (exact) mass is 1890 g/mol. The minimum absolute atomic E-state index is 0.0262. The van der Waals surface area contributed by atoms with Crippen LogP contribution in [-0.4, -0.2) is 314 Å². The second-order valence-corrected chi connectivity index (χ2v) is 34.9. The molecular formula is C91H122N22O23. The fourth-order valence-corrected chi connectivity index (χ4v) is 17.6. The molecule has 7 heterocycles. The number of phenolic OH excluding ortho intramolecular Hbond substituents is 1. The number of carbonyl (C=O) groups excluding carboxylic acids is 17. The smallest absolute Gasteiger partial charge is 0.323 e. The van der Waals surface area contributed by atoms with Gasteiger partial charge in [0, 0.05) is 126 Å². The van der Waals surface area contributed by atoms with Gasteiger partial charge in [-0.05, 0) is 106 Å². The minimum Gasteiger partial charge on any atom is -0.508 e. The van der Waals surface area contributed by atoms with Gasteiger partial charge in [-0.2, -0.15) is 0 Å². The van der Waals surface area contributed by atoms with Crippen LogP contribution in [0, 0.1) is 0 Å². The Labute approximate surface area is 782 Å². The van der Waals surface area contributed by atoms with E-state index in [1.54, 1.807) is 61.7 Å². The third kappa shape index (κ3) is 27.7. The normalized spacial score (nSPS) is 25.1. The summed E-state index contributed by atoms with van der Waals surface area (Å²) < 4.78 is 1.41. The predicted molar refractivity (Wildman–Crippen MR) is 486 cm³/mol. The van der Waals surface area contributed by atoms with Crippen LogP contribution < -0.4 is 70.4 Å². The second-order valence-electron chi connectivity index (χ2n) is 34.9. The van der Waals surface area contributed by atoms with Crippen LogP contribution in [0.15, 0.2) is 97.7 Å². The first-order valence-corrected chi connectivity index (χ1v) is 45.6. The molecule has 3 aromatic carbocycles. The zero-order valence-electron chi connectivity index (χ0n) is 76.4. The summed E-state index contributed by atoms with van der Waals surface area (Å²) in [5.41, 5.74) is 19.7. The van der Waals surface area contributed by atoms with E-state index in [4.69, 9.17) is 17.2 Å². The van der Waals surface area contributed by atoms with E-state index in [1.807, 2.05) is 6.92 Å². The highest BCUT2D eigenvalue weighted by Gasteiger charge is 2.47. The molecule has 0 spiro atoms. The van der Waals surface area contributed by atoms with Crippen LogP contribution in [0.5, 0.6) is 5.75 Å². The number of aromatic amines is 2. The lowest BCUT2D eigenvalue weighted by Gasteiger charge is -2.38. The van der Waals surface area contributed by atoms with E-state index < -0.39 is 281 Å². The Morgan fingerprint density at radius 3 is 1.71 bits per heavy atom. The zero-order chi connectivity index (χ0) is 98.9. The van der Waals surface area contributed by atoms with Crippen molar-refractivity contribution in [2.75, 3.05) is 46.8 Å². The third-order valence-corrected chi connectivity index (χ3v) is 24.9. The number of aliphatic hydroxyl groups is 1. The van der Waals surface area contributed by atoms with Crippen LogP contribution >= 0.6 is 0 Å². The molecule has 0 radical (unpaired) electrons. The minimum atomic E-state index is -1.79. The fraction of sp³-hybridized carbons (Fsp3) is 0.516. The number of nitrogens with two attached hydrogens (primary N) is 3. The van der Waals surface area contributed by atoms with Gasteiger partial charge in [0.1, 0.15) is 96.9 Å². The first-order valence-electron chi connectivity index (χ1n) is 45.6. The van der Waals surface area contributed by atoms with E-state index in [0.29, 0.717) is 64.2 Å². The summed E-state index contributed by atoms with van der Waals surface area (Å²) in [7, 11) is 2.57. The summed E-state index contributed by atoms with van der Waals surface area (Å²) in [5.74, 6) is -19.7. The average molecular weight is 1890 g/mol. The van der Waals surface area contributed by atoms with Crippen LogP contribution in [0.2, 0.25) is 0 Å². The van der Waals surface area contributed by atoms with Gasteiger partial charge >= 0.3 is 11.9 Å². The second kappa shape index (κ2) is 48.5. The molecule has 4 fully saturated rings. The summed E-state index contributed by atoms with van der Waals surface area (Å²) in [6.07, 6.45) is 1.14. The topological polar surface area (TPSA) is 669 Å². The molecule has 4 aliphatic rings. The number of primary amides is 3. The van der Waals surface area contributed by atoms with E-state index in [1.165, 1.54) is 73.5 Å². The number of para-hydroxylation sites is 2. The molecule has 4 aliphatic heterocycles. The molecule has 10 rings (SSSR count). The Morgan fingerprint density at radius 2 is 1.06 bits per heavy atom. The molecule has 45 heteroatoms.